The van der Waals surface area contributed by atoms with Crippen LogP contribution in [0.15, 0.2) is 42.5 Å². The molecule has 2 aromatic rings. The van der Waals surface area contributed by atoms with Crippen molar-refractivity contribution in [2.45, 2.75) is 20.0 Å². The van der Waals surface area contributed by atoms with Crippen molar-refractivity contribution >= 4 is 34.8 Å². The summed E-state index contributed by atoms with van der Waals surface area (Å²) in [7, 11) is 0. The van der Waals surface area contributed by atoms with Gasteiger partial charge in [0.15, 0.2) is 6.10 Å². The van der Waals surface area contributed by atoms with E-state index in [-0.39, 0.29) is 5.91 Å². The highest BCUT2D eigenvalue weighted by atomic mass is 35.5. The monoisotopic (exact) mass is 323 g/mol. The zero-order valence-electron chi connectivity index (χ0n) is 11.7. The van der Waals surface area contributed by atoms with Crippen molar-refractivity contribution in [3.8, 4) is 5.75 Å². The third-order valence-corrected chi connectivity index (χ3v) is 3.67. The van der Waals surface area contributed by atoms with Crippen LogP contribution in [0.4, 0.5) is 5.69 Å². The van der Waals surface area contributed by atoms with Crippen LogP contribution < -0.4 is 10.1 Å². The van der Waals surface area contributed by atoms with Crippen LogP contribution in [0.5, 0.6) is 5.75 Å². The van der Waals surface area contributed by atoms with Gasteiger partial charge in [-0.1, -0.05) is 41.4 Å². The maximum absolute atomic E-state index is 12.1. The van der Waals surface area contributed by atoms with Gasteiger partial charge < -0.3 is 10.1 Å². The number of carbonyl (C=O) groups excluding carboxylic acids is 1. The SMILES string of the molecule is Cc1ccc(NC(=O)[C@H](C)Oc2ccccc2Cl)cc1Cl. The van der Waals surface area contributed by atoms with Gasteiger partial charge in [0.05, 0.1) is 5.02 Å². The fourth-order valence-corrected chi connectivity index (χ4v) is 2.06. The molecule has 2 aromatic carbocycles. The first kappa shape index (κ1) is 15.7. The molecule has 0 saturated carbocycles. The van der Waals surface area contributed by atoms with Gasteiger partial charge in [-0.3, -0.25) is 4.79 Å². The first-order chi connectivity index (χ1) is 9.97. The van der Waals surface area contributed by atoms with E-state index in [1.54, 1.807) is 43.3 Å². The van der Waals surface area contributed by atoms with Crippen molar-refractivity contribution in [2.75, 3.05) is 5.32 Å². The Bertz CT molecular complexity index is 658. The summed E-state index contributed by atoms with van der Waals surface area (Å²) in [5, 5.41) is 3.83. The van der Waals surface area contributed by atoms with Crippen LogP contribution in [0, 0.1) is 6.92 Å². The number of benzene rings is 2. The molecule has 2 rings (SSSR count). The molecule has 0 spiro atoms. The quantitative estimate of drug-likeness (QED) is 0.885. The molecular weight excluding hydrogens is 309 g/mol. The van der Waals surface area contributed by atoms with Gasteiger partial charge in [-0.05, 0) is 43.7 Å². The van der Waals surface area contributed by atoms with Crippen LogP contribution in [-0.2, 0) is 4.79 Å². The van der Waals surface area contributed by atoms with Gasteiger partial charge in [0.2, 0.25) is 0 Å². The number of ether oxygens (including phenoxy) is 1. The van der Waals surface area contributed by atoms with E-state index in [1.165, 1.54) is 0 Å². The Kier molecular flexibility index (Phi) is 5.10. The summed E-state index contributed by atoms with van der Waals surface area (Å²) in [5.74, 6) is 0.207. The highest BCUT2D eigenvalue weighted by Gasteiger charge is 2.16. The number of hydrogen-bond acceptors (Lipinski definition) is 2. The third kappa shape index (κ3) is 4.13. The molecule has 3 nitrogen and oxygen atoms in total. The fraction of sp³-hybridized carbons (Fsp3) is 0.188. The van der Waals surface area contributed by atoms with Crippen molar-refractivity contribution in [3.05, 3.63) is 58.1 Å². The number of aryl methyl sites for hydroxylation is 1. The smallest absolute Gasteiger partial charge is 0.265 e. The van der Waals surface area contributed by atoms with Crippen LogP contribution in [0.2, 0.25) is 10.0 Å². The number of rotatable bonds is 4. The van der Waals surface area contributed by atoms with Crippen LogP contribution in [-0.4, -0.2) is 12.0 Å². The number of para-hydroxylation sites is 1. The molecule has 21 heavy (non-hydrogen) atoms. The molecular formula is C16H15Cl2NO2. The van der Waals surface area contributed by atoms with E-state index in [0.29, 0.717) is 21.5 Å². The molecule has 5 heteroatoms. The van der Waals surface area contributed by atoms with E-state index >= 15 is 0 Å². The second-order valence-electron chi connectivity index (χ2n) is 4.64. The average molecular weight is 324 g/mol. The van der Waals surface area contributed by atoms with Gasteiger partial charge in [-0.25, -0.2) is 0 Å². The van der Waals surface area contributed by atoms with Crippen LogP contribution in [0.1, 0.15) is 12.5 Å². The Morgan fingerprint density at radius 2 is 1.86 bits per heavy atom. The average Bonchev–Trinajstić information content (AvgIpc) is 2.45. The molecule has 1 N–H and O–H groups in total. The maximum atomic E-state index is 12.1. The fourth-order valence-electron chi connectivity index (χ4n) is 1.70. The van der Waals surface area contributed by atoms with Crippen LogP contribution in [0.3, 0.4) is 0 Å². The Morgan fingerprint density at radius 3 is 2.52 bits per heavy atom. The minimum absolute atomic E-state index is 0.269. The van der Waals surface area contributed by atoms with E-state index in [9.17, 15) is 4.79 Å². The summed E-state index contributed by atoms with van der Waals surface area (Å²) in [5.41, 5.74) is 1.58. The lowest BCUT2D eigenvalue weighted by Crippen LogP contribution is -2.30. The Labute approximate surface area is 133 Å². The number of anilines is 1. The van der Waals surface area contributed by atoms with Crippen molar-refractivity contribution in [3.63, 3.8) is 0 Å². The largest absolute Gasteiger partial charge is 0.479 e. The van der Waals surface area contributed by atoms with Crippen molar-refractivity contribution in [1.29, 1.82) is 0 Å². The second-order valence-corrected chi connectivity index (χ2v) is 5.46. The Balaban J connectivity index is 2.02. The minimum Gasteiger partial charge on any atom is -0.479 e. The van der Waals surface area contributed by atoms with Crippen molar-refractivity contribution in [2.24, 2.45) is 0 Å². The number of halogens is 2. The van der Waals surface area contributed by atoms with Gasteiger partial charge in [0.25, 0.3) is 5.91 Å². The zero-order chi connectivity index (χ0) is 15.4. The first-order valence-electron chi connectivity index (χ1n) is 6.45. The highest BCUT2D eigenvalue weighted by molar-refractivity contribution is 6.32. The van der Waals surface area contributed by atoms with E-state index in [0.717, 1.165) is 5.56 Å². The molecule has 0 unspecified atom stereocenters. The predicted molar refractivity (Wildman–Crippen MR) is 86.4 cm³/mol. The molecule has 0 aliphatic rings. The number of amides is 1. The van der Waals surface area contributed by atoms with Crippen LogP contribution >= 0.6 is 23.2 Å². The Morgan fingerprint density at radius 1 is 1.14 bits per heavy atom. The lowest BCUT2D eigenvalue weighted by molar-refractivity contribution is -0.122. The summed E-state index contributed by atoms with van der Waals surface area (Å²) in [4.78, 5) is 12.1. The van der Waals surface area contributed by atoms with Crippen molar-refractivity contribution in [1.82, 2.24) is 0 Å². The number of carbonyl (C=O) groups is 1. The molecule has 0 aliphatic carbocycles. The van der Waals surface area contributed by atoms with Crippen LogP contribution in [0.25, 0.3) is 0 Å². The van der Waals surface area contributed by atoms with Gasteiger partial charge >= 0.3 is 0 Å². The summed E-state index contributed by atoms with van der Waals surface area (Å²) in [6.45, 7) is 3.56. The van der Waals surface area contributed by atoms with Gasteiger partial charge in [0, 0.05) is 10.7 Å². The second kappa shape index (κ2) is 6.83. The van der Waals surface area contributed by atoms with E-state index in [1.807, 2.05) is 13.0 Å². The molecule has 0 aliphatic heterocycles. The maximum Gasteiger partial charge on any atom is 0.265 e. The summed E-state index contributed by atoms with van der Waals surface area (Å²) < 4.78 is 5.56. The minimum atomic E-state index is -0.676. The van der Waals surface area contributed by atoms with E-state index < -0.39 is 6.10 Å². The molecule has 0 radical (unpaired) electrons. The summed E-state index contributed by atoms with van der Waals surface area (Å²) in [6.07, 6.45) is -0.676. The number of nitrogens with one attached hydrogen (secondary N) is 1. The zero-order valence-corrected chi connectivity index (χ0v) is 13.2. The topological polar surface area (TPSA) is 38.3 Å². The van der Waals surface area contributed by atoms with E-state index in [2.05, 4.69) is 5.32 Å². The van der Waals surface area contributed by atoms with Gasteiger partial charge in [-0.2, -0.15) is 0 Å². The lowest BCUT2D eigenvalue weighted by atomic mass is 10.2. The van der Waals surface area contributed by atoms with Gasteiger partial charge in [0.1, 0.15) is 5.75 Å². The summed E-state index contributed by atoms with van der Waals surface area (Å²) in [6, 6.07) is 12.4. The number of hydrogen-bond donors (Lipinski definition) is 1. The highest BCUT2D eigenvalue weighted by Crippen LogP contribution is 2.25. The van der Waals surface area contributed by atoms with E-state index in [4.69, 9.17) is 27.9 Å². The first-order valence-corrected chi connectivity index (χ1v) is 7.21. The molecule has 0 saturated heterocycles. The molecule has 0 bridgehead atoms. The molecule has 110 valence electrons. The predicted octanol–water partition coefficient (Wildman–Crippen LogP) is 4.71. The summed E-state index contributed by atoms with van der Waals surface area (Å²) >= 11 is 12.0. The molecule has 0 aromatic heterocycles. The molecule has 0 heterocycles. The molecule has 1 amide bonds. The third-order valence-electron chi connectivity index (χ3n) is 2.95. The molecule has 1 atom stereocenters. The standard InChI is InChI=1S/C16H15Cl2NO2/c1-10-7-8-12(9-14(10)18)19-16(20)11(2)21-15-6-4-3-5-13(15)17/h3-9,11H,1-2H3,(H,19,20)/t11-/m0/s1. The van der Waals surface area contributed by atoms with Crippen molar-refractivity contribution < 1.29 is 9.53 Å². The molecule has 0 fully saturated rings. The Hall–Kier alpha value is -1.71. The lowest BCUT2D eigenvalue weighted by Gasteiger charge is -2.15. The normalized spacial score (nSPS) is 11.8. The van der Waals surface area contributed by atoms with Gasteiger partial charge in [-0.15, -0.1) is 0 Å².